The summed E-state index contributed by atoms with van der Waals surface area (Å²) in [6.45, 7) is 1.14. The first-order valence-corrected chi connectivity index (χ1v) is 8.04. The first-order chi connectivity index (χ1) is 12.1. The molecular formula is C16H20BN5O3. The van der Waals surface area contributed by atoms with Crippen molar-refractivity contribution in [3.8, 4) is 12.0 Å². The maximum Gasteiger partial charge on any atom is 0.320 e. The van der Waals surface area contributed by atoms with Gasteiger partial charge < -0.3 is 20.3 Å². The van der Waals surface area contributed by atoms with Crippen molar-refractivity contribution < 1.29 is 14.6 Å². The second kappa shape index (κ2) is 7.39. The summed E-state index contributed by atoms with van der Waals surface area (Å²) in [5.74, 6) is 0.161. The summed E-state index contributed by atoms with van der Waals surface area (Å²) in [5, 5.41) is 10.2. The van der Waals surface area contributed by atoms with Crippen LogP contribution in [0, 0.1) is 0 Å². The van der Waals surface area contributed by atoms with E-state index in [1.54, 1.807) is 11.7 Å². The smallest absolute Gasteiger partial charge is 0.320 e. The fourth-order valence-electron chi connectivity index (χ4n) is 2.55. The van der Waals surface area contributed by atoms with Crippen LogP contribution in [0.4, 0.5) is 5.82 Å². The third-order valence-electron chi connectivity index (χ3n) is 3.84. The molecule has 0 amide bonds. The first-order valence-electron chi connectivity index (χ1n) is 8.04. The lowest BCUT2D eigenvalue weighted by atomic mass is 9.96. The summed E-state index contributed by atoms with van der Waals surface area (Å²) in [4.78, 5) is 12.5. The first kappa shape index (κ1) is 17.0. The van der Waals surface area contributed by atoms with Crippen LogP contribution in [0.5, 0.6) is 12.0 Å². The molecule has 0 aliphatic heterocycles. The van der Waals surface area contributed by atoms with Crippen LogP contribution >= 0.6 is 0 Å². The van der Waals surface area contributed by atoms with E-state index < -0.39 is 0 Å². The minimum absolute atomic E-state index is 0.130. The molecule has 8 nitrogen and oxygen atoms in total. The minimum Gasteiger partial charge on any atom is -0.480 e. The van der Waals surface area contributed by atoms with E-state index in [2.05, 4.69) is 34.9 Å². The number of nitrogen functional groups attached to an aromatic ring is 1. The highest BCUT2D eigenvalue weighted by molar-refractivity contribution is 6.08. The van der Waals surface area contributed by atoms with Crippen molar-refractivity contribution in [3.63, 3.8) is 0 Å². The van der Waals surface area contributed by atoms with Crippen LogP contribution in [-0.4, -0.2) is 52.8 Å². The lowest BCUT2D eigenvalue weighted by Crippen LogP contribution is -2.09. The number of fused-ring (bicyclic) bond motifs is 1. The topological polar surface area (TPSA) is 108 Å². The molecule has 3 N–H and O–H groups in total. The summed E-state index contributed by atoms with van der Waals surface area (Å²) in [6.07, 6.45) is 0.942. The fourth-order valence-corrected chi connectivity index (χ4v) is 2.55. The van der Waals surface area contributed by atoms with Gasteiger partial charge in [-0.05, 0) is 5.56 Å². The lowest BCUT2D eigenvalue weighted by molar-refractivity contribution is 0.141. The van der Waals surface area contributed by atoms with Gasteiger partial charge in [-0.1, -0.05) is 36.1 Å². The van der Waals surface area contributed by atoms with Crippen LogP contribution in [0.3, 0.4) is 0 Å². The molecule has 0 bridgehead atoms. The number of nitrogens with two attached hydrogens (primary N) is 1. The average molecular weight is 341 g/mol. The molecule has 2 aromatic heterocycles. The number of imidazole rings is 1. The van der Waals surface area contributed by atoms with Crippen molar-refractivity contribution in [2.24, 2.45) is 0 Å². The summed E-state index contributed by atoms with van der Waals surface area (Å²) in [6, 6.07) is 8.11. The number of rotatable bonds is 7. The van der Waals surface area contributed by atoms with Crippen molar-refractivity contribution in [1.29, 1.82) is 0 Å². The Morgan fingerprint density at radius 3 is 2.76 bits per heavy atom. The van der Waals surface area contributed by atoms with Gasteiger partial charge in [0, 0.05) is 7.11 Å². The van der Waals surface area contributed by atoms with Gasteiger partial charge in [0.25, 0.3) is 6.01 Å². The molecule has 130 valence electrons. The molecule has 0 aliphatic carbocycles. The second-order valence-electron chi connectivity index (χ2n) is 5.58. The molecule has 3 aromatic rings. The monoisotopic (exact) mass is 341 g/mol. The van der Waals surface area contributed by atoms with E-state index in [-0.39, 0.29) is 17.8 Å². The fraction of sp³-hybridized carbons (Fsp3) is 0.312. The quantitative estimate of drug-likeness (QED) is 0.471. The van der Waals surface area contributed by atoms with Gasteiger partial charge in [-0.15, -0.1) is 0 Å². The number of nitrogens with zero attached hydrogens (tertiary/aromatic N) is 4. The van der Waals surface area contributed by atoms with Gasteiger partial charge in [-0.3, -0.25) is 4.57 Å². The van der Waals surface area contributed by atoms with E-state index in [4.69, 9.17) is 15.2 Å². The maximum absolute atomic E-state index is 10.2. The lowest BCUT2D eigenvalue weighted by Gasteiger charge is -2.08. The highest BCUT2D eigenvalue weighted by atomic mass is 16.5. The van der Waals surface area contributed by atoms with Gasteiger partial charge in [0.1, 0.15) is 14.5 Å². The van der Waals surface area contributed by atoms with Crippen LogP contribution in [0.2, 0.25) is 0 Å². The number of aromatic nitrogens is 4. The van der Waals surface area contributed by atoms with Gasteiger partial charge in [0.2, 0.25) is 0 Å². The van der Waals surface area contributed by atoms with Crippen LogP contribution in [0.1, 0.15) is 11.1 Å². The predicted molar refractivity (Wildman–Crippen MR) is 96.6 cm³/mol. The summed E-state index contributed by atoms with van der Waals surface area (Å²) >= 11 is 0. The molecule has 0 aliphatic rings. The third-order valence-corrected chi connectivity index (χ3v) is 3.84. The van der Waals surface area contributed by atoms with Crippen molar-refractivity contribution in [1.82, 2.24) is 19.5 Å². The van der Waals surface area contributed by atoms with Crippen molar-refractivity contribution in [2.45, 2.75) is 12.9 Å². The van der Waals surface area contributed by atoms with Crippen LogP contribution in [0.15, 0.2) is 24.3 Å². The molecule has 9 heteroatoms. The van der Waals surface area contributed by atoms with Crippen molar-refractivity contribution >= 4 is 24.8 Å². The zero-order chi connectivity index (χ0) is 17.8. The molecule has 0 unspecified atom stereocenters. The molecule has 3 rings (SSSR count). The van der Waals surface area contributed by atoms with Crippen molar-refractivity contribution in [2.75, 3.05) is 26.1 Å². The summed E-state index contributed by atoms with van der Waals surface area (Å²) < 4.78 is 12.0. The van der Waals surface area contributed by atoms with Crippen LogP contribution in [-0.2, 0) is 17.6 Å². The molecule has 0 fully saturated rings. The molecule has 0 saturated carbocycles. The minimum atomic E-state index is -0.160. The Morgan fingerprint density at radius 2 is 2.00 bits per heavy atom. The van der Waals surface area contributed by atoms with Gasteiger partial charge >= 0.3 is 6.01 Å². The van der Waals surface area contributed by atoms with Gasteiger partial charge in [0.15, 0.2) is 17.0 Å². The zero-order valence-electron chi connectivity index (χ0n) is 14.3. The molecule has 0 radical (unpaired) electrons. The van der Waals surface area contributed by atoms with E-state index in [1.165, 1.54) is 5.56 Å². The molecule has 0 saturated heterocycles. The SMILES string of the molecule is BCc1cccc(Cn2c(O)nc3c(N)nc(OCCOC)nc32)c1. The normalized spacial score (nSPS) is 11.1. The molecular weight excluding hydrogens is 321 g/mol. The van der Waals surface area contributed by atoms with Crippen molar-refractivity contribution in [3.05, 3.63) is 35.4 Å². The van der Waals surface area contributed by atoms with E-state index in [0.717, 1.165) is 11.9 Å². The highest BCUT2D eigenvalue weighted by Gasteiger charge is 2.17. The summed E-state index contributed by atoms with van der Waals surface area (Å²) in [7, 11) is 3.68. The molecule has 0 spiro atoms. The number of hydrogen-bond donors (Lipinski definition) is 2. The number of aromatic hydroxyl groups is 1. The molecule has 2 heterocycles. The van der Waals surface area contributed by atoms with Crippen LogP contribution in [0.25, 0.3) is 11.2 Å². The number of ether oxygens (including phenoxy) is 2. The maximum atomic E-state index is 10.2. The number of anilines is 1. The Hall–Kier alpha value is -2.81. The highest BCUT2D eigenvalue weighted by Crippen LogP contribution is 2.25. The predicted octanol–water partition coefficient (Wildman–Crippen LogP) is 0.321. The third kappa shape index (κ3) is 3.66. The molecule has 0 atom stereocenters. The van der Waals surface area contributed by atoms with E-state index in [1.807, 2.05) is 12.1 Å². The number of benzene rings is 1. The van der Waals surface area contributed by atoms with Crippen LogP contribution < -0.4 is 10.5 Å². The average Bonchev–Trinajstić information content (AvgIpc) is 2.92. The Bertz CT molecular complexity index is 884. The van der Waals surface area contributed by atoms with E-state index in [9.17, 15) is 5.11 Å². The van der Waals surface area contributed by atoms with Gasteiger partial charge in [-0.25, -0.2) is 0 Å². The number of hydrogen-bond acceptors (Lipinski definition) is 7. The molecule has 25 heavy (non-hydrogen) atoms. The summed E-state index contributed by atoms with van der Waals surface area (Å²) in [5.41, 5.74) is 8.97. The van der Waals surface area contributed by atoms with Gasteiger partial charge in [-0.2, -0.15) is 15.0 Å². The largest absolute Gasteiger partial charge is 0.480 e. The van der Waals surface area contributed by atoms with E-state index >= 15 is 0 Å². The Labute approximate surface area is 146 Å². The standard InChI is InChI=1S/C16H20BN5O3/c1-24-5-6-25-15-20-13(18)12-14(21-15)22(16(23)19-12)9-11-4-2-3-10(7-11)8-17/h2-4,7H,5-6,8-9,17H2,1H3,(H,19,23)(H2,18,20,21). The van der Waals surface area contributed by atoms with E-state index in [0.29, 0.717) is 30.9 Å². The second-order valence-corrected chi connectivity index (χ2v) is 5.58. The number of methoxy groups -OCH3 is 1. The Kier molecular flexibility index (Phi) is 5.04. The molecule has 1 aromatic carbocycles. The Morgan fingerprint density at radius 1 is 1.20 bits per heavy atom. The van der Waals surface area contributed by atoms with Gasteiger partial charge in [0.05, 0.1) is 13.2 Å². The zero-order valence-corrected chi connectivity index (χ0v) is 14.3. The Balaban J connectivity index is 1.97.